The summed E-state index contributed by atoms with van der Waals surface area (Å²) in [4.78, 5) is 16.6. The standard InChI is InChI=1S/C14H27N3O/c1-3-4-5-13-14(18)17(11-15-13)10-12-6-8-16(2)9-7-12/h12-13,15H,3-11H2,1-2H3. The van der Waals surface area contributed by atoms with Gasteiger partial charge < -0.3 is 9.80 Å². The number of rotatable bonds is 5. The van der Waals surface area contributed by atoms with Gasteiger partial charge in [0.15, 0.2) is 0 Å². The Labute approximate surface area is 111 Å². The molecule has 2 rings (SSSR count). The van der Waals surface area contributed by atoms with Crippen LogP contribution >= 0.6 is 0 Å². The highest BCUT2D eigenvalue weighted by Crippen LogP contribution is 2.19. The second-order valence-electron chi connectivity index (χ2n) is 5.86. The Morgan fingerprint density at radius 3 is 2.72 bits per heavy atom. The molecule has 0 aromatic heterocycles. The molecular formula is C14H27N3O. The summed E-state index contributed by atoms with van der Waals surface area (Å²) < 4.78 is 0. The zero-order valence-corrected chi connectivity index (χ0v) is 11.8. The number of hydrogen-bond acceptors (Lipinski definition) is 3. The highest BCUT2D eigenvalue weighted by atomic mass is 16.2. The Balaban J connectivity index is 1.75. The first-order valence-corrected chi connectivity index (χ1v) is 7.41. The Morgan fingerprint density at radius 1 is 1.33 bits per heavy atom. The van der Waals surface area contributed by atoms with Crippen molar-refractivity contribution in [2.45, 2.75) is 45.1 Å². The number of nitrogens with zero attached hydrogens (tertiary/aromatic N) is 2. The zero-order valence-electron chi connectivity index (χ0n) is 11.8. The van der Waals surface area contributed by atoms with Gasteiger partial charge in [-0.2, -0.15) is 0 Å². The first kappa shape index (κ1) is 13.8. The number of amides is 1. The molecule has 0 bridgehead atoms. The molecule has 2 saturated heterocycles. The largest absolute Gasteiger partial charge is 0.328 e. The molecule has 0 aromatic carbocycles. The van der Waals surface area contributed by atoms with Gasteiger partial charge in [-0.25, -0.2) is 0 Å². The highest BCUT2D eigenvalue weighted by Gasteiger charge is 2.32. The number of nitrogens with one attached hydrogen (secondary N) is 1. The topological polar surface area (TPSA) is 35.6 Å². The summed E-state index contributed by atoms with van der Waals surface area (Å²) >= 11 is 0. The van der Waals surface area contributed by atoms with Crippen molar-refractivity contribution >= 4 is 5.91 Å². The van der Waals surface area contributed by atoms with Gasteiger partial charge in [0.25, 0.3) is 0 Å². The molecule has 0 aromatic rings. The molecule has 2 aliphatic rings. The third-order valence-corrected chi connectivity index (χ3v) is 4.30. The van der Waals surface area contributed by atoms with Gasteiger partial charge in [0.05, 0.1) is 12.7 Å². The molecule has 0 radical (unpaired) electrons. The van der Waals surface area contributed by atoms with E-state index in [1.807, 2.05) is 4.90 Å². The van der Waals surface area contributed by atoms with E-state index in [4.69, 9.17) is 0 Å². The van der Waals surface area contributed by atoms with E-state index in [-0.39, 0.29) is 6.04 Å². The molecule has 2 fully saturated rings. The number of hydrogen-bond donors (Lipinski definition) is 1. The van der Waals surface area contributed by atoms with Gasteiger partial charge in [-0.05, 0) is 45.3 Å². The highest BCUT2D eigenvalue weighted by molar-refractivity contribution is 5.83. The third kappa shape index (κ3) is 3.45. The van der Waals surface area contributed by atoms with Crippen LogP contribution in [0.2, 0.25) is 0 Å². The fraction of sp³-hybridized carbons (Fsp3) is 0.929. The second-order valence-corrected chi connectivity index (χ2v) is 5.86. The molecule has 4 nitrogen and oxygen atoms in total. The van der Waals surface area contributed by atoms with Crippen LogP contribution in [0.3, 0.4) is 0 Å². The quantitative estimate of drug-likeness (QED) is 0.801. The molecule has 1 amide bonds. The Bertz CT molecular complexity index is 274. The lowest BCUT2D eigenvalue weighted by Crippen LogP contribution is -2.38. The molecule has 0 aliphatic carbocycles. The van der Waals surface area contributed by atoms with Crippen molar-refractivity contribution in [2.24, 2.45) is 5.92 Å². The maximum absolute atomic E-state index is 12.2. The SMILES string of the molecule is CCCCC1NCN(CC2CCN(C)CC2)C1=O. The molecule has 2 aliphatic heterocycles. The first-order valence-electron chi connectivity index (χ1n) is 7.41. The van der Waals surface area contributed by atoms with Crippen molar-refractivity contribution in [3.63, 3.8) is 0 Å². The zero-order chi connectivity index (χ0) is 13.0. The molecule has 104 valence electrons. The van der Waals surface area contributed by atoms with Gasteiger partial charge in [-0.3, -0.25) is 10.1 Å². The molecule has 4 heteroatoms. The van der Waals surface area contributed by atoms with E-state index in [1.165, 1.54) is 32.4 Å². The smallest absolute Gasteiger partial charge is 0.240 e. The lowest BCUT2D eigenvalue weighted by molar-refractivity contribution is -0.129. The second kappa shape index (κ2) is 6.53. The van der Waals surface area contributed by atoms with Crippen LogP contribution in [0.1, 0.15) is 39.0 Å². The minimum atomic E-state index is 0.0937. The molecule has 0 saturated carbocycles. The number of likely N-dealkylation sites (tertiary alicyclic amines) is 1. The summed E-state index contributed by atoms with van der Waals surface area (Å²) in [6.45, 7) is 6.26. The van der Waals surface area contributed by atoms with Crippen LogP contribution in [0.15, 0.2) is 0 Å². The molecule has 2 heterocycles. The van der Waals surface area contributed by atoms with Crippen LogP contribution in [0.25, 0.3) is 0 Å². The van der Waals surface area contributed by atoms with Gasteiger partial charge in [-0.1, -0.05) is 19.8 Å². The van der Waals surface area contributed by atoms with Crippen LogP contribution in [0.4, 0.5) is 0 Å². The van der Waals surface area contributed by atoms with Gasteiger partial charge in [0.2, 0.25) is 5.91 Å². The van der Waals surface area contributed by atoms with Gasteiger partial charge in [-0.15, -0.1) is 0 Å². The average molecular weight is 253 g/mol. The van der Waals surface area contributed by atoms with Crippen molar-refractivity contribution in [3.8, 4) is 0 Å². The monoisotopic (exact) mass is 253 g/mol. The van der Waals surface area contributed by atoms with Crippen LogP contribution < -0.4 is 5.32 Å². The van der Waals surface area contributed by atoms with Crippen LogP contribution in [-0.4, -0.2) is 55.1 Å². The fourth-order valence-electron chi connectivity index (χ4n) is 2.95. The van der Waals surface area contributed by atoms with Crippen molar-refractivity contribution in [3.05, 3.63) is 0 Å². The Morgan fingerprint density at radius 2 is 2.06 bits per heavy atom. The molecule has 0 spiro atoms. The van der Waals surface area contributed by atoms with Crippen molar-refractivity contribution in [1.29, 1.82) is 0 Å². The van der Waals surface area contributed by atoms with E-state index in [1.54, 1.807) is 0 Å². The van der Waals surface area contributed by atoms with Gasteiger partial charge >= 0.3 is 0 Å². The van der Waals surface area contributed by atoms with Crippen LogP contribution in [0, 0.1) is 5.92 Å². The van der Waals surface area contributed by atoms with E-state index in [2.05, 4.69) is 24.2 Å². The molecular weight excluding hydrogens is 226 g/mol. The number of carbonyl (C=O) groups is 1. The summed E-state index contributed by atoms with van der Waals surface area (Å²) in [5, 5.41) is 3.36. The third-order valence-electron chi connectivity index (χ3n) is 4.30. The lowest BCUT2D eigenvalue weighted by atomic mass is 9.96. The normalized spacial score (nSPS) is 27.1. The lowest BCUT2D eigenvalue weighted by Gasteiger charge is -2.31. The van der Waals surface area contributed by atoms with E-state index >= 15 is 0 Å². The molecule has 18 heavy (non-hydrogen) atoms. The predicted octanol–water partition coefficient (Wildman–Crippen LogP) is 1.28. The molecule has 1 unspecified atom stereocenters. The summed E-state index contributed by atoms with van der Waals surface area (Å²) in [5.74, 6) is 1.04. The minimum Gasteiger partial charge on any atom is -0.328 e. The number of piperidine rings is 1. The summed E-state index contributed by atoms with van der Waals surface area (Å²) in [6.07, 6.45) is 5.78. The van der Waals surface area contributed by atoms with E-state index in [0.717, 1.165) is 26.1 Å². The van der Waals surface area contributed by atoms with Gasteiger partial charge in [0.1, 0.15) is 0 Å². The maximum atomic E-state index is 12.2. The molecule has 1 N–H and O–H groups in total. The minimum absolute atomic E-state index is 0.0937. The van der Waals surface area contributed by atoms with E-state index in [9.17, 15) is 4.79 Å². The Kier molecular flexibility index (Phi) is 5.01. The van der Waals surface area contributed by atoms with E-state index < -0.39 is 0 Å². The summed E-state index contributed by atoms with van der Waals surface area (Å²) in [6, 6.07) is 0.0937. The van der Waals surface area contributed by atoms with Crippen molar-refractivity contribution in [2.75, 3.05) is 33.4 Å². The number of carbonyl (C=O) groups excluding carboxylic acids is 1. The first-order chi connectivity index (χ1) is 8.70. The number of unbranched alkanes of at least 4 members (excludes halogenated alkanes) is 1. The summed E-state index contributed by atoms with van der Waals surface area (Å²) in [7, 11) is 2.18. The summed E-state index contributed by atoms with van der Waals surface area (Å²) in [5.41, 5.74) is 0. The van der Waals surface area contributed by atoms with Crippen molar-refractivity contribution < 1.29 is 4.79 Å². The van der Waals surface area contributed by atoms with Gasteiger partial charge in [0, 0.05) is 6.54 Å². The van der Waals surface area contributed by atoms with Crippen molar-refractivity contribution in [1.82, 2.24) is 15.1 Å². The molecule has 1 atom stereocenters. The fourth-order valence-corrected chi connectivity index (χ4v) is 2.95. The average Bonchev–Trinajstić information content (AvgIpc) is 2.71. The Hall–Kier alpha value is -0.610. The maximum Gasteiger partial charge on any atom is 0.240 e. The predicted molar refractivity (Wildman–Crippen MR) is 73.2 cm³/mol. The van der Waals surface area contributed by atoms with E-state index in [0.29, 0.717) is 11.8 Å². The van der Waals surface area contributed by atoms with Crippen LogP contribution in [0.5, 0.6) is 0 Å². The van der Waals surface area contributed by atoms with Crippen LogP contribution in [-0.2, 0) is 4.79 Å².